The second-order valence-electron chi connectivity index (χ2n) is 10.3. The summed E-state index contributed by atoms with van der Waals surface area (Å²) in [5, 5.41) is 4.69. The van der Waals surface area contributed by atoms with E-state index in [1.54, 1.807) is 12.4 Å². The third-order valence-electron chi connectivity index (χ3n) is 7.93. The van der Waals surface area contributed by atoms with Crippen LogP contribution in [0.15, 0.2) is 53.6 Å². The fraction of sp³-hybridized carbons (Fsp3) is 0.379. The molecule has 1 aliphatic carbocycles. The number of fused-ring (bicyclic) bond motifs is 1. The minimum absolute atomic E-state index is 0.192. The first kappa shape index (κ1) is 24.5. The molecule has 6 rings (SSSR count). The molecular formula is C29H33N7O2. The first-order chi connectivity index (χ1) is 18.5. The van der Waals surface area contributed by atoms with Crippen molar-refractivity contribution in [2.75, 3.05) is 37.4 Å². The molecule has 0 radical (unpaired) electrons. The summed E-state index contributed by atoms with van der Waals surface area (Å²) in [4.78, 5) is 31.4. The molecule has 1 saturated carbocycles. The number of H-pyrrole nitrogens is 1. The summed E-state index contributed by atoms with van der Waals surface area (Å²) in [5.41, 5.74) is 9.99. The minimum atomic E-state index is -0.192. The van der Waals surface area contributed by atoms with E-state index in [9.17, 15) is 4.79 Å². The summed E-state index contributed by atoms with van der Waals surface area (Å²) >= 11 is 0. The molecule has 0 unspecified atom stereocenters. The highest BCUT2D eigenvalue weighted by Crippen LogP contribution is 2.36. The van der Waals surface area contributed by atoms with Gasteiger partial charge in [-0.15, -0.1) is 0 Å². The maximum atomic E-state index is 12.8. The predicted molar refractivity (Wildman–Crippen MR) is 150 cm³/mol. The van der Waals surface area contributed by atoms with Crippen molar-refractivity contribution < 1.29 is 4.74 Å². The van der Waals surface area contributed by atoms with Gasteiger partial charge in [-0.05, 0) is 73.7 Å². The van der Waals surface area contributed by atoms with Crippen LogP contribution in [0.4, 0.5) is 17.5 Å². The highest BCUT2D eigenvalue weighted by Gasteiger charge is 2.27. The van der Waals surface area contributed by atoms with Gasteiger partial charge in [0.2, 0.25) is 5.95 Å². The van der Waals surface area contributed by atoms with Crippen LogP contribution in [0.3, 0.4) is 0 Å². The number of aromatic amines is 1. The minimum Gasteiger partial charge on any atom is -0.379 e. The number of rotatable bonds is 5. The topological polar surface area (TPSA) is 122 Å². The smallest absolute Gasteiger partial charge is 0.259 e. The maximum absolute atomic E-state index is 12.8. The van der Waals surface area contributed by atoms with Gasteiger partial charge >= 0.3 is 0 Å². The maximum Gasteiger partial charge on any atom is 0.259 e. The Morgan fingerprint density at radius 2 is 1.82 bits per heavy atom. The summed E-state index contributed by atoms with van der Waals surface area (Å²) in [6.45, 7) is 5.72. The van der Waals surface area contributed by atoms with Crippen LogP contribution in [-0.4, -0.2) is 57.2 Å². The van der Waals surface area contributed by atoms with E-state index in [1.165, 1.54) is 31.2 Å². The van der Waals surface area contributed by atoms with Gasteiger partial charge in [0.05, 0.1) is 30.0 Å². The molecule has 2 aliphatic rings. The number of aromatic nitrogens is 4. The number of morpholine rings is 1. The fourth-order valence-corrected chi connectivity index (χ4v) is 5.87. The Hall–Kier alpha value is -3.82. The number of aryl methyl sites for hydroxylation is 1. The second-order valence-corrected chi connectivity index (χ2v) is 10.3. The molecule has 4 N–H and O–H groups in total. The normalized spacial score (nSPS) is 20.4. The van der Waals surface area contributed by atoms with E-state index in [2.05, 4.69) is 49.4 Å². The molecule has 1 saturated heterocycles. The highest BCUT2D eigenvalue weighted by molar-refractivity contribution is 5.95. The molecule has 9 nitrogen and oxygen atoms in total. The Morgan fingerprint density at radius 1 is 1.05 bits per heavy atom. The molecule has 9 heteroatoms. The third-order valence-corrected chi connectivity index (χ3v) is 7.93. The van der Waals surface area contributed by atoms with Gasteiger partial charge in [-0.2, -0.15) is 0 Å². The number of hydrogen-bond acceptors (Lipinski definition) is 8. The average molecular weight is 512 g/mol. The lowest BCUT2D eigenvalue weighted by molar-refractivity contribution is 0.00730. The summed E-state index contributed by atoms with van der Waals surface area (Å²) in [5.74, 6) is 1.30. The molecule has 1 aromatic carbocycles. The van der Waals surface area contributed by atoms with Crippen molar-refractivity contribution in [3.8, 4) is 11.3 Å². The number of nitrogen functional groups attached to an aromatic ring is 1. The van der Waals surface area contributed by atoms with Crippen molar-refractivity contribution in [3.05, 3.63) is 70.4 Å². The van der Waals surface area contributed by atoms with E-state index in [4.69, 9.17) is 15.5 Å². The van der Waals surface area contributed by atoms with Gasteiger partial charge in [0, 0.05) is 42.8 Å². The molecular weight excluding hydrogens is 478 g/mol. The number of nitrogens with one attached hydrogen (secondary N) is 2. The van der Waals surface area contributed by atoms with E-state index in [-0.39, 0.29) is 11.5 Å². The number of hydrogen-bond donors (Lipinski definition) is 3. The van der Waals surface area contributed by atoms with Gasteiger partial charge in [0.1, 0.15) is 5.82 Å². The largest absolute Gasteiger partial charge is 0.379 e. The van der Waals surface area contributed by atoms with Crippen LogP contribution < -0.4 is 16.6 Å². The SMILES string of the molecule is Cc1nc(N)ncc1-c1cc2cc[nH]c(=O)c2c(Nc2ccc([C@H]3CC[C@H](N4CCOCC4)CC3)cc2)n1. The lowest BCUT2D eigenvalue weighted by Gasteiger charge is -2.38. The number of ether oxygens (including phenoxy) is 1. The second kappa shape index (κ2) is 10.5. The predicted octanol–water partition coefficient (Wildman–Crippen LogP) is 4.37. The van der Waals surface area contributed by atoms with Crippen molar-refractivity contribution >= 4 is 28.2 Å². The first-order valence-corrected chi connectivity index (χ1v) is 13.4. The molecule has 0 amide bonds. The van der Waals surface area contributed by atoms with Gasteiger partial charge < -0.3 is 20.8 Å². The average Bonchev–Trinajstić information content (AvgIpc) is 2.94. The van der Waals surface area contributed by atoms with Crippen LogP contribution in [0.25, 0.3) is 22.0 Å². The van der Waals surface area contributed by atoms with E-state index in [0.29, 0.717) is 28.9 Å². The zero-order valence-corrected chi connectivity index (χ0v) is 21.6. The zero-order valence-electron chi connectivity index (χ0n) is 21.6. The molecule has 1 aliphatic heterocycles. The van der Waals surface area contributed by atoms with Crippen LogP contribution in [-0.2, 0) is 4.74 Å². The molecule has 0 bridgehead atoms. The van der Waals surface area contributed by atoms with Gasteiger partial charge in [-0.1, -0.05) is 12.1 Å². The number of benzene rings is 1. The van der Waals surface area contributed by atoms with E-state index in [1.807, 2.05) is 19.1 Å². The lowest BCUT2D eigenvalue weighted by Crippen LogP contribution is -2.44. The Morgan fingerprint density at radius 3 is 2.55 bits per heavy atom. The van der Waals surface area contributed by atoms with Crippen LogP contribution in [0.5, 0.6) is 0 Å². The van der Waals surface area contributed by atoms with E-state index in [0.717, 1.165) is 48.6 Å². The Bertz CT molecular complexity index is 1490. The summed E-state index contributed by atoms with van der Waals surface area (Å²) in [7, 11) is 0. The summed E-state index contributed by atoms with van der Waals surface area (Å²) in [6, 6.07) is 13.0. The standard InChI is InChI=1S/C29H33N7O2/c1-18-24(17-32-29(30)33-18)25-16-21-10-11-31-28(37)26(21)27(35-25)34-22-6-2-19(3-7-22)20-4-8-23(9-5-20)36-12-14-38-15-13-36/h2-3,6-7,10-11,16-17,20,23H,4-5,8-9,12-15H2,1H3,(H,31,37)(H,34,35)(H2,30,32,33)/t20-,23-. The summed E-state index contributed by atoms with van der Waals surface area (Å²) in [6.07, 6.45) is 8.22. The van der Waals surface area contributed by atoms with Crippen LogP contribution in [0, 0.1) is 6.92 Å². The van der Waals surface area contributed by atoms with Crippen molar-refractivity contribution in [1.82, 2.24) is 24.8 Å². The van der Waals surface area contributed by atoms with Crippen LogP contribution >= 0.6 is 0 Å². The molecule has 0 spiro atoms. The van der Waals surface area contributed by atoms with Crippen molar-refractivity contribution in [2.45, 2.75) is 44.6 Å². The van der Waals surface area contributed by atoms with Crippen molar-refractivity contribution in [2.24, 2.45) is 0 Å². The Labute approximate surface area is 221 Å². The van der Waals surface area contributed by atoms with Gasteiger partial charge in [0.25, 0.3) is 5.56 Å². The Kier molecular flexibility index (Phi) is 6.78. The van der Waals surface area contributed by atoms with E-state index < -0.39 is 0 Å². The molecule has 4 aromatic rings. The molecule has 4 heterocycles. The molecule has 2 fully saturated rings. The Balaban J connectivity index is 1.23. The number of pyridine rings is 2. The number of nitrogens with two attached hydrogens (primary N) is 1. The van der Waals surface area contributed by atoms with Crippen molar-refractivity contribution in [1.29, 1.82) is 0 Å². The molecule has 0 atom stereocenters. The molecule has 3 aromatic heterocycles. The third kappa shape index (κ3) is 4.99. The first-order valence-electron chi connectivity index (χ1n) is 13.4. The van der Waals surface area contributed by atoms with E-state index >= 15 is 0 Å². The number of nitrogens with zero attached hydrogens (tertiary/aromatic N) is 4. The molecule has 38 heavy (non-hydrogen) atoms. The van der Waals surface area contributed by atoms with Gasteiger partial charge in [-0.3, -0.25) is 9.69 Å². The summed E-state index contributed by atoms with van der Waals surface area (Å²) < 4.78 is 5.52. The van der Waals surface area contributed by atoms with Crippen LogP contribution in [0.1, 0.15) is 42.9 Å². The van der Waals surface area contributed by atoms with Gasteiger partial charge in [0.15, 0.2) is 0 Å². The molecule has 196 valence electrons. The van der Waals surface area contributed by atoms with Crippen LogP contribution in [0.2, 0.25) is 0 Å². The fourth-order valence-electron chi connectivity index (χ4n) is 5.87. The van der Waals surface area contributed by atoms with Crippen molar-refractivity contribution in [3.63, 3.8) is 0 Å². The lowest BCUT2D eigenvalue weighted by atomic mass is 9.81. The zero-order chi connectivity index (χ0) is 26.1. The van der Waals surface area contributed by atoms with Gasteiger partial charge in [-0.25, -0.2) is 15.0 Å². The monoisotopic (exact) mass is 511 g/mol. The quantitative estimate of drug-likeness (QED) is 0.361. The number of anilines is 3. The highest BCUT2D eigenvalue weighted by atomic mass is 16.5.